The number of rotatable bonds is 6. The molecule has 4 heteroatoms. The van der Waals surface area contributed by atoms with Crippen LogP contribution in [0.25, 0.3) is 11.6 Å². The molecule has 1 aliphatic rings. The highest BCUT2D eigenvalue weighted by Gasteiger charge is 2.51. The van der Waals surface area contributed by atoms with Crippen LogP contribution in [0.5, 0.6) is 0 Å². The van der Waals surface area contributed by atoms with Crippen LogP contribution >= 0.6 is 0 Å². The first-order chi connectivity index (χ1) is 17.1. The Balaban J connectivity index is 2.01. The average Bonchev–Trinajstić information content (AvgIpc) is 3.23. The summed E-state index contributed by atoms with van der Waals surface area (Å²) in [5.41, 5.74) is 2.53. The molecule has 0 fully saturated rings. The van der Waals surface area contributed by atoms with Crippen LogP contribution in [0, 0.1) is 34.0 Å². The van der Waals surface area contributed by atoms with Crippen molar-refractivity contribution >= 4 is 17.6 Å². The Morgan fingerprint density at radius 1 is 0.886 bits per heavy atom. The second-order valence-electron chi connectivity index (χ2n) is 8.12. The highest BCUT2D eigenvalue weighted by atomic mass is 16.5. The Bertz CT molecular complexity index is 1320. The third-order valence-electron chi connectivity index (χ3n) is 6.07. The van der Waals surface area contributed by atoms with Crippen LogP contribution in [0.4, 0.5) is 0 Å². The summed E-state index contributed by atoms with van der Waals surface area (Å²) < 4.78 is 5.35. The van der Waals surface area contributed by atoms with E-state index in [0.29, 0.717) is 11.1 Å². The van der Waals surface area contributed by atoms with Crippen molar-refractivity contribution in [3.8, 4) is 12.1 Å². The lowest BCUT2D eigenvalue weighted by molar-refractivity contribution is -0.139. The molecule has 0 aromatic heterocycles. The lowest BCUT2D eigenvalue weighted by Gasteiger charge is -2.25. The number of hydrogen-bond donors (Lipinski definition) is 0. The number of allylic oxidation sites excluding steroid dienone is 3. The highest BCUT2D eigenvalue weighted by molar-refractivity contribution is 5.96. The molecule has 1 aliphatic carbocycles. The Morgan fingerprint density at radius 2 is 1.40 bits per heavy atom. The minimum atomic E-state index is -1.62. The molecule has 4 nitrogen and oxygen atoms in total. The molecule has 1 atom stereocenters. The molecule has 0 N–H and O–H groups in total. The fraction of sp³-hybridized carbons (Fsp3) is 0.129. The van der Waals surface area contributed by atoms with E-state index in [-0.39, 0.29) is 6.61 Å². The number of nitrogens with zero attached hydrogens (tertiary/aromatic N) is 2. The van der Waals surface area contributed by atoms with E-state index in [2.05, 4.69) is 12.1 Å². The van der Waals surface area contributed by atoms with Crippen LogP contribution in [0.1, 0.15) is 23.6 Å². The maximum absolute atomic E-state index is 13.1. The summed E-state index contributed by atoms with van der Waals surface area (Å²) in [6.07, 6.45) is 5.29. The molecule has 3 aromatic carbocycles. The molecule has 1 unspecified atom stereocenters. The second kappa shape index (κ2) is 10.5. The quantitative estimate of drug-likeness (QED) is 0.405. The first-order valence-corrected chi connectivity index (χ1v) is 11.4. The fourth-order valence-corrected chi connectivity index (χ4v) is 4.42. The molecular weight excluding hydrogens is 432 g/mol. The van der Waals surface area contributed by atoms with Crippen molar-refractivity contribution in [2.24, 2.45) is 11.3 Å². The van der Waals surface area contributed by atoms with E-state index in [1.807, 2.05) is 97.1 Å². The van der Waals surface area contributed by atoms with Gasteiger partial charge in [-0.15, -0.1) is 0 Å². The summed E-state index contributed by atoms with van der Waals surface area (Å²) in [5.74, 6) is -1.32. The summed E-state index contributed by atoms with van der Waals surface area (Å²) in [6, 6.07) is 33.4. The van der Waals surface area contributed by atoms with Crippen LogP contribution in [0.3, 0.4) is 0 Å². The van der Waals surface area contributed by atoms with Gasteiger partial charge in [0, 0.05) is 11.5 Å². The minimum absolute atomic E-state index is 0.195. The Labute approximate surface area is 205 Å². The van der Waals surface area contributed by atoms with Gasteiger partial charge in [0.05, 0.1) is 18.7 Å². The van der Waals surface area contributed by atoms with Gasteiger partial charge in [-0.25, -0.2) is 4.79 Å². The molecule has 0 saturated carbocycles. The largest absolute Gasteiger partial charge is 0.463 e. The van der Waals surface area contributed by atoms with E-state index in [1.165, 1.54) is 0 Å². The lowest BCUT2D eigenvalue weighted by atomic mass is 9.72. The van der Waals surface area contributed by atoms with Crippen LogP contribution in [-0.2, 0) is 9.53 Å². The van der Waals surface area contributed by atoms with E-state index in [9.17, 15) is 15.3 Å². The zero-order valence-electron chi connectivity index (χ0n) is 19.4. The topological polar surface area (TPSA) is 73.9 Å². The Kier molecular flexibility index (Phi) is 7.05. The summed E-state index contributed by atoms with van der Waals surface area (Å²) in [4.78, 5) is 13.1. The molecule has 0 amide bonds. The molecule has 170 valence electrons. The smallest absolute Gasteiger partial charge is 0.334 e. The van der Waals surface area contributed by atoms with Gasteiger partial charge in [-0.1, -0.05) is 103 Å². The van der Waals surface area contributed by atoms with Gasteiger partial charge >= 0.3 is 5.97 Å². The first-order valence-electron chi connectivity index (χ1n) is 11.4. The van der Waals surface area contributed by atoms with Gasteiger partial charge in [0.2, 0.25) is 0 Å². The van der Waals surface area contributed by atoms with Gasteiger partial charge in [0.1, 0.15) is 0 Å². The zero-order chi connectivity index (χ0) is 24.7. The predicted molar refractivity (Wildman–Crippen MR) is 136 cm³/mol. The average molecular weight is 457 g/mol. The molecule has 0 radical (unpaired) electrons. The van der Waals surface area contributed by atoms with Crippen molar-refractivity contribution in [1.82, 2.24) is 0 Å². The second-order valence-corrected chi connectivity index (χ2v) is 8.12. The molecule has 0 aliphatic heterocycles. The maximum atomic E-state index is 13.1. The first kappa shape index (κ1) is 23.5. The van der Waals surface area contributed by atoms with Gasteiger partial charge in [-0.2, -0.15) is 10.5 Å². The number of benzene rings is 3. The predicted octanol–water partition coefficient (Wildman–Crippen LogP) is 6.35. The number of carbonyl (C=O) groups excluding carboxylic acids is 1. The summed E-state index contributed by atoms with van der Waals surface area (Å²) >= 11 is 0. The lowest BCUT2D eigenvalue weighted by Crippen LogP contribution is -2.28. The molecule has 3 aromatic rings. The molecule has 0 spiro atoms. The SMILES string of the molecule is CCOC(=O)C1=CC(=C(c2ccccc2)c2ccccc2)C(C#N)(C#N)C1/C=C/c1ccccc1. The maximum Gasteiger partial charge on any atom is 0.334 e. The zero-order valence-corrected chi connectivity index (χ0v) is 19.4. The minimum Gasteiger partial charge on any atom is -0.463 e. The normalized spacial score (nSPS) is 16.3. The fourth-order valence-electron chi connectivity index (χ4n) is 4.42. The van der Waals surface area contributed by atoms with Crippen LogP contribution in [0.15, 0.2) is 114 Å². The van der Waals surface area contributed by atoms with Crippen molar-refractivity contribution in [1.29, 1.82) is 10.5 Å². The van der Waals surface area contributed by atoms with Crippen molar-refractivity contribution in [3.05, 3.63) is 131 Å². The number of esters is 1. The van der Waals surface area contributed by atoms with Crippen LogP contribution in [0.2, 0.25) is 0 Å². The van der Waals surface area contributed by atoms with E-state index < -0.39 is 17.3 Å². The third kappa shape index (κ3) is 4.56. The number of hydrogen-bond acceptors (Lipinski definition) is 4. The van der Waals surface area contributed by atoms with Crippen molar-refractivity contribution in [2.45, 2.75) is 6.92 Å². The molecule has 4 rings (SSSR count). The van der Waals surface area contributed by atoms with Crippen molar-refractivity contribution in [2.75, 3.05) is 6.61 Å². The Hall–Kier alpha value is -4.67. The van der Waals surface area contributed by atoms with Gasteiger partial charge in [0.25, 0.3) is 0 Å². The molecular formula is C31H24N2O2. The van der Waals surface area contributed by atoms with Gasteiger partial charge in [-0.05, 0) is 40.8 Å². The summed E-state index contributed by atoms with van der Waals surface area (Å²) in [6.45, 7) is 1.93. The molecule has 0 bridgehead atoms. The van der Waals surface area contributed by atoms with Crippen LogP contribution < -0.4 is 0 Å². The van der Waals surface area contributed by atoms with E-state index in [4.69, 9.17) is 4.74 Å². The standard InChI is InChI=1S/C31H24N2O2/c1-2-35-30(34)26-20-28(29(24-14-8-4-9-15-24)25-16-10-5-11-17-25)31(21-32,22-33)27(26)19-18-23-12-6-3-7-13-23/h3-20,27H,2H2,1H3/b19-18+. The number of ether oxygens (including phenoxy) is 1. The van der Waals surface area contributed by atoms with Crippen molar-refractivity contribution < 1.29 is 9.53 Å². The molecule has 0 heterocycles. The van der Waals surface area contributed by atoms with Gasteiger partial charge in [-0.3, -0.25) is 0 Å². The monoisotopic (exact) mass is 456 g/mol. The van der Waals surface area contributed by atoms with E-state index in [1.54, 1.807) is 19.1 Å². The third-order valence-corrected chi connectivity index (χ3v) is 6.07. The Morgan fingerprint density at radius 3 is 1.89 bits per heavy atom. The van der Waals surface area contributed by atoms with Gasteiger partial charge in [0.15, 0.2) is 5.41 Å². The van der Waals surface area contributed by atoms with E-state index >= 15 is 0 Å². The van der Waals surface area contributed by atoms with E-state index in [0.717, 1.165) is 22.3 Å². The summed E-state index contributed by atoms with van der Waals surface area (Å²) in [7, 11) is 0. The van der Waals surface area contributed by atoms with Crippen LogP contribution in [-0.4, -0.2) is 12.6 Å². The highest BCUT2D eigenvalue weighted by Crippen LogP contribution is 2.51. The van der Waals surface area contributed by atoms with Gasteiger partial charge < -0.3 is 4.74 Å². The number of carbonyl (C=O) groups is 1. The molecule has 35 heavy (non-hydrogen) atoms. The summed E-state index contributed by atoms with van der Waals surface area (Å²) in [5, 5.41) is 21.0. The number of nitriles is 2. The van der Waals surface area contributed by atoms with Crippen molar-refractivity contribution in [3.63, 3.8) is 0 Å². The molecule has 0 saturated heterocycles.